The number of hydrogen-bond donors (Lipinski definition) is 0. The first-order valence-electron chi connectivity index (χ1n) is 11.2. The van der Waals surface area contributed by atoms with E-state index < -0.39 is 29.3 Å². The van der Waals surface area contributed by atoms with Crippen LogP contribution in [0.2, 0.25) is 0 Å². The molecular weight excluding hydrogens is 462 g/mol. The minimum atomic E-state index is -1.28. The van der Waals surface area contributed by atoms with Gasteiger partial charge in [-0.05, 0) is 62.4 Å². The molecule has 4 aromatic rings. The summed E-state index contributed by atoms with van der Waals surface area (Å²) in [6.07, 6.45) is 0. The predicted molar refractivity (Wildman–Crippen MR) is 131 cm³/mol. The number of amides is 2. The lowest BCUT2D eigenvalue weighted by molar-refractivity contribution is -0.138. The van der Waals surface area contributed by atoms with Crippen molar-refractivity contribution in [1.29, 1.82) is 0 Å². The molecule has 0 fully saturated rings. The number of nitrogens with zero attached hydrogens (tertiary/aromatic N) is 1. The van der Waals surface area contributed by atoms with E-state index in [-0.39, 0.29) is 28.0 Å². The van der Waals surface area contributed by atoms with Gasteiger partial charge in [-0.25, -0.2) is 4.79 Å². The number of fused-ring (bicyclic) bond motifs is 2. The van der Waals surface area contributed by atoms with Gasteiger partial charge in [0.2, 0.25) is 11.2 Å². The third kappa shape index (κ3) is 3.73. The number of hydrogen-bond acceptors (Lipinski definition) is 7. The molecule has 8 nitrogen and oxygen atoms in total. The number of benzene rings is 3. The maximum atomic E-state index is 13.5. The lowest BCUT2D eigenvalue weighted by Gasteiger charge is -2.21. The van der Waals surface area contributed by atoms with Crippen molar-refractivity contribution in [3.05, 3.63) is 93.6 Å². The van der Waals surface area contributed by atoms with Crippen molar-refractivity contribution in [2.75, 3.05) is 7.11 Å². The van der Waals surface area contributed by atoms with Gasteiger partial charge in [-0.3, -0.25) is 19.3 Å². The fraction of sp³-hybridized carbons (Fsp3) is 0.143. The largest absolute Gasteiger partial charge is 0.497 e. The Morgan fingerprint density at radius 2 is 1.56 bits per heavy atom. The topological polar surface area (TPSA) is 103 Å². The summed E-state index contributed by atoms with van der Waals surface area (Å²) < 4.78 is 16.8. The van der Waals surface area contributed by atoms with Crippen molar-refractivity contribution in [2.24, 2.45) is 0 Å². The molecule has 0 radical (unpaired) electrons. The number of ether oxygens (including phenoxy) is 2. The van der Waals surface area contributed by atoms with Crippen molar-refractivity contribution < 1.29 is 28.3 Å². The zero-order valence-corrected chi connectivity index (χ0v) is 19.7. The highest BCUT2D eigenvalue weighted by atomic mass is 16.5. The third-order valence-electron chi connectivity index (χ3n) is 6.11. The Labute approximate surface area is 205 Å². The van der Waals surface area contributed by atoms with Gasteiger partial charge >= 0.3 is 5.97 Å². The van der Waals surface area contributed by atoms with E-state index in [1.54, 1.807) is 54.6 Å². The molecule has 0 saturated heterocycles. The first-order valence-corrected chi connectivity index (χ1v) is 11.2. The molecule has 2 heterocycles. The molecule has 0 unspecified atom stereocenters. The van der Waals surface area contributed by atoms with Crippen LogP contribution in [0.25, 0.3) is 22.3 Å². The molecule has 2 amide bonds. The van der Waals surface area contributed by atoms with Crippen LogP contribution in [0.4, 0.5) is 0 Å². The molecule has 1 atom stereocenters. The van der Waals surface area contributed by atoms with Gasteiger partial charge < -0.3 is 13.9 Å². The molecule has 36 heavy (non-hydrogen) atoms. The number of methoxy groups -OCH3 is 1. The molecular formula is C28H21NO7. The van der Waals surface area contributed by atoms with Crippen LogP contribution in [0.3, 0.4) is 0 Å². The maximum Gasteiger partial charge on any atom is 0.334 e. The molecule has 0 saturated carbocycles. The van der Waals surface area contributed by atoms with Gasteiger partial charge in [0.05, 0.1) is 23.6 Å². The predicted octanol–water partition coefficient (Wildman–Crippen LogP) is 4.37. The van der Waals surface area contributed by atoms with Crippen LogP contribution in [0, 0.1) is 6.92 Å². The van der Waals surface area contributed by atoms with Crippen LogP contribution < -0.4 is 14.9 Å². The summed E-state index contributed by atoms with van der Waals surface area (Å²) in [6, 6.07) is 16.9. The van der Waals surface area contributed by atoms with Crippen LogP contribution >= 0.6 is 0 Å². The van der Waals surface area contributed by atoms with Crippen LogP contribution in [0.15, 0.2) is 75.9 Å². The fourth-order valence-corrected chi connectivity index (χ4v) is 4.17. The van der Waals surface area contributed by atoms with Crippen molar-refractivity contribution >= 4 is 28.8 Å². The Hall–Kier alpha value is -4.72. The molecule has 1 aromatic heterocycles. The highest BCUT2D eigenvalue weighted by Crippen LogP contribution is 2.33. The Bertz CT molecular complexity index is 1570. The maximum absolute atomic E-state index is 13.5. The SMILES string of the molecule is COc1ccc(-c2oc3ccc(C)cc3c(=O)c2OC(=O)[C@H](C)N2C(=O)c3ccccc3C2=O)cc1. The monoisotopic (exact) mass is 483 g/mol. The molecule has 0 bridgehead atoms. The molecule has 1 aliphatic heterocycles. The Morgan fingerprint density at radius 3 is 2.17 bits per heavy atom. The van der Waals surface area contributed by atoms with Crippen molar-refractivity contribution in [3.63, 3.8) is 0 Å². The molecule has 5 rings (SSSR count). The number of carbonyl (C=O) groups excluding carboxylic acids is 3. The zero-order chi connectivity index (χ0) is 25.6. The second kappa shape index (κ2) is 8.81. The van der Waals surface area contributed by atoms with Gasteiger partial charge in [0, 0.05) is 5.56 Å². The van der Waals surface area contributed by atoms with Gasteiger partial charge in [-0.2, -0.15) is 0 Å². The number of rotatable bonds is 5. The molecule has 1 aliphatic rings. The highest BCUT2D eigenvalue weighted by Gasteiger charge is 2.41. The molecule has 3 aromatic carbocycles. The van der Waals surface area contributed by atoms with Gasteiger partial charge in [-0.1, -0.05) is 23.8 Å². The Balaban J connectivity index is 1.56. The van der Waals surface area contributed by atoms with E-state index in [0.29, 0.717) is 16.9 Å². The third-order valence-corrected chi connectivity index (χ3v) is 6.11. The van der Waals surface area contributed by atoms with Gasteiger partial charge in [0.25, 0.3) is 11.8 Å². The summed E-state index contributed by atoms with van der Waals surface area (Å²) in [4.78, 5) is 53.2. The smallest absolute Gasteiger partial charge is 0.334 e. The molecule has 8 heteroatoms. The van der Waals surface area contributed by atoms with Gasteiger partial charge in [0.1, 0.15) is 17.4 Å². The normalized spacial score (nSPS) is 13.6. The summed E-state index contributed by atoms with van der Waals surface area (Å²) in [6.45, 7) is 3.20. The quantitative estimate of drug-likeness (QED) is 0.307. The van der Waals surface area contributed by atoms with E-state index in [2.05, 4.69) is 0 Å². The average molecular weight is 483 g/mol. The minimum Gasteiger partial charge on any atom is -0.497 e. The zero-order valence-electron chi connectivity index (χ0n) is 19.7. The van der Waals surface area contributed by atoms with E-state index >= 15 is 0 Å². The summed E-state index contributed by atoms with van der Waals surface area (Å²) in [5.74, 6) is -1.84. The lowest BCUT2D eigenvalue weighted by Crippen LogP contribution is -2.45. The van der Waals surface area contributed by atoms with Crippen LogP contribution in [0.5, 0.6) is 11.5 Å². The summed E-state index contributed by atoms with van der Waals surface area (Å²) in [7, 11) is 1.53. The number of aryl methyl sites for hydroxylation is 1. The first-order chi connectivity index (χ1) is 17.3. The molecule has 180 valence electrons. The second-order valence-corrected chi connectivity index (χ2v) is 8.44. The van der Waals surface area contributed by atoms with Crippen LogP contribution in [-0.2, 0) is 4.79 Å². The van der Waals surface area contributed by atoms with Gasteiger partial charge in [-0.15, -0.1) is 0 Å². The second-order valence-electron chi connectivity index (χ2n) is 8.44. The average Bonchev–Trinajstić information content (AvgIpc) is 3.15. The highest BCUT2D eigenvalue weighted by molar-refractivity contribution is 6.22. The number of carbonyl (C=O) groups is 3. The van der Waals surface area contributed by atoms with Crippen LogP contribution in [0.1, 0.15) is 33.2 Å². The van der Waals surface area contributed by atoms with E-state index in [1.165, 1.54) is 26.2 Å². The molecule has 0 N–H and O–H groups in total. The first kappa shape index (κ1) is 23.0. The van der Waals surface area contributed by atoms with E-state index in [4.69, 9.17) is 13.9 Å². The van der Waals surface area contributed by atoms with E-state index in [0.717, 1.165) is 10.5 Å². The summed E-state index contributed by atoms with van der Waals surface area (Å²) in [5, 5.41) is 0.239. The summed E-state index contributed by atoms with van der Waals surface area (Å²) in [5.41, 5.74) is 1.50. The fourth-order valence-electron chi connectivity index (χ4n) is 4.17. The van der Waals surface area contributed by atoms with E-state index in [9.17, 15) is 19.2 Å². The van der Waals surface area contributed by atoms with E-state index in [1.807, 2.05) is 6.92 Å². The number of esters is 1. The summed E-state index contributed by atoms with van der Waals surface area (Å²) >= 11 is 0. The van der Waals surface area contributed by atoms with Gasteiger partial charge in [0.15, 0.2) is 5.76 Å². The Morgan fingerprint density at radius 1 is 0.917 bits per heavy atom. The number of imide groups is 1. The Kier molecular flexibility index (Phi) is 5.64. The van der Waals surface area contributed by atoms with Crippen molar-refractivity contribution in [1.82, 2.24) is 4.90 Å². The molecule has 0 spiro atoms. The standard InChI is InChI=1S/C28H21NO7/c1-15-8-13-22-21(14-15)23(30)25(24(35-22)17-9-11-18(34-3)12-10-17)36-28(33)16(2)29-26(31)19-6-4-5-7-20(19)27(29)32/h4-14,16H,1-3H3/t16-/m0/s1. The molecule has 0 aliphatic carbocycles. The van der Waals surface area contributed by atoms with Crippen molar-refractivity contribution in [3.8, 4) is 22.8 Å². The lowest BCUT2D eigenvalue weighted by atomic mass is 10.1. The minimum absolute atomic E-state index is 0.0434. The van der Waals surface area contributed by atoms with Crippen LogP contribution in [-0.4, -0.2) is 35.8 Å². The van der Waals surface area contributed by atoms with Crippen molar-refractivity contribution in [2.45, 2.75) is 19.9 Å².